The molecule has 111 heavy (non-hydrogen) atoms. The van der Waals surface area contributed by atoms with Gasteiger partial charge in [0.05, 0.1) is 32.5 Å². The Kier molecular flexibility index (Phi) is 53.8. The predicted molar refractivity (Wildman–Crippen MR) is 397 cm³/mol. The van der Waals surface area contributed by atoms with Crippen LogP contribution in [0.25, 0.3) is 0 Å². The van der Waals surface area contributed by atoms with E-state index in [0.29, 0.717) is 96.4 Å². The van der Waals surface area contributed by atoms with Gasteiger partial charge in [0.15, 0.2) is 24.7 Å². The molecule has 3 saturated heterocycles. The Balaban J connectivity index is 0.00000136. The molecule has 3 heterocycles. The van der Waals surface area contributed by atoms with Crippen LogP contribution >= 0.6 is 7.82 Å². The van der Waals surface area contributed by atoms with E-state index in [4.69, 9.17) is 37.8 Å². The number of aliphatic hydroxyl groups is 10. The number of aliphatic hydroxyl groups excluding tert-OH is 10. The summed E-state index contributed by atoms with van der Waals surface area (Å²) in [5, 5.41) is 119. The molecule has 3 aliphatic heterocycles. The third kappa shape index (κ3) is 42.3. The summed E-state index contributed by atoms with van der Waals surface area (Å²) in [6.45, 7) is 6.72. The second kappa shape index (κ2) is 58.6. The van der Waals surface area contributed by atoms with Gasteiger partial charge in [-0.05, 0) is 109 Å². The number of rotatable bonds is 59. The van der Waals surface area contributed by atoms with Crippen molar-refractivity contribution in [1.29, 1.82) is 0 Å². The van der Waals surface area contributed by atoms with E-state index in [9.17, 15) is 104 Å². The summed E-state index contributed by atoms with van der Waals surface area (Å²) in [5.41, 5.74) is 0. The summed E-state index contributed by atoms with van der Waals surface area (Å²) in [6, 6.07) is -5.25. The summed E-state index contributed by atoms with van der Waals surface area (Å²) in [4.78, 5) is 134. The second-order valence-electron chi connectivity index (χ2n) is 28.3. The normalized spacial score (nSPS) is 25.1. The maximum atomic E-state index is 14.1. The lowest BCUT2D eigenvalue weighted by atomic mass is 9.97. The molecule has 3 rings (SSSR count). The van der Waals surface area contributed by atoms with E-state index in [2.05, 4.69) is 41.7 Å². The number of Topliss-reactive ketones (excluding diaryl/α,β-unsaturated/α-hetero) is 3. The first-order valence-electron chi connectivity index (χ1n) is 39.3. The van der Waals surface area contributed by atoms with Gasteiger partial charge in [-0.15, -0.1) is 0 Å². The Bertz CT molecular complexity index is 2750. The number of amides is 7. The smallest absolute Gasteiger partial charge is 0.396 e. The van der Waals surface area contributed by atoms with Crippen molar-refractivity contribution in [1.82, 2.24) is 37.2 Å². The van der Waals surface area contributed by atoms with Gasteiger partial charge in [-0.1, -0.05) is 46.0 Å². The third-order valence-electron chi connectivity index (χ3n) is 18.9. The fraction of sp³-hybridized carbons (Fsp3) is 0.863. The molecule has 19 atom stereocenters. The summed E-state index contributed by atoms with van der Waals surface area (Å²) in [6.07, 6.45) is -2.68. The van der Waals surface area contributed by atoms with Gasteiger partial charge in [0, 0.05) is 119 Å². The molecule has 644 valence electrons. The lowest BCUT2D eigenvalue weighted by Crippen LogP contribution is -2.64. The number of ether oxygens (including phenoxy) is 6. The fourth-order valence-corrected chi connectivity index (χ4v) is 12.8. The fourth-order valence-electron chi connectivity index (χ4n) is 12.4. The zero-order valence-electron chi connectivity index (χ0n) is 65.6. The number of hydrogen-bond acceptors (Lipinski definition) is 29. The molecule has 1 unspecified atom stereocenters. The standard InChI is InChI=1S/C56H98N6O23.C17H34NO7P/c1-5-6-22-38(70)36(20-10-14-25-57-42(71)23-12-16-27-81-55-45(59-33(3)67)51(77)48(74)40(30-64)84-55)62-53(79)37(61-43(72)24-13-17-28-82-56-46(60-34(4)68)52(78)49(75)41(31-65)85-56)21-9-7-8-18-35(69)19-11-15-26-80-54-44(58-32(2)66)50(76)47(73)39(29-63)83-54;1-3-4-9-17(21)18-11-7-5-6-8-16(20)13-15(14-19)10-12-25-26(22,23)24-2/h36-37,39-41,44-52,54-56,63-65,73-78H,5-31H2,1-4H3,(H,57,71)(H,58,66)(H,59,67)(H,60,68)(H,61,72)(H,62,79);15,19H,3-14H2,1-2H3,(H,18,21)(H,22,23)/t36-,37-,39+,40+,41+,44+,45+,46+,47-,48-,49-,50+,51+,52+,54+,55+,56+;15-/m01/s1. The molecule has 18 N–H and O–H groups in total. The van der Waals surface area contributed by atoms with Crippen LogP contribution in [0, 0.1) is 5.92 Å². The van der Waals surface area contributed by atoms with Gasteiger partial charge in [-0.2, -0.15) is 0 Å². The predicted octanol–water partition coefficient (Wildman–Crippen LogP) is -0.512. The molecule has 0 radical (unpaired) electrons. The lowest BCUT2D eigenvalue weighted by Gasteiger charge is -2.42. The van der Waals surface area contributed by atoms with Gasteiger partial charge in [-0.25, -0.2) is 4.57 Å². The number of nitrogens with one attached hydrogen (secondary N) is 7. The van der Waals surface area contributed by atoms with Gasteiger partial charge < -0.3 is 122 Å². The van der Waals surface area contributed by atoms with Gasteiger partial charge in [0.2, 0.25) is 41.4 Å². The summed E-state index contributed by atoms with van der Waals surface area (Å²) in [7, 11) is -2.94. The van der Waals surface area contributed by atoms with Crippen LogP contribution in [0.4, 0.5) is 0 Å². The molecule has 0 aromatic rings. The van der Waals surface area contributed by atoms with Crippen LogP contribution in [0.1, 0.15) is 221 Å². The zero-order valence-corrected chi connectivity index (χ0v) is 66.5. The van der Waals surface area contributed by atoms with Gasteiger partial charge in [-0.3, -0.25) is 57.0 Å². The van der Waals surface area contributed by atoms with Crippen molar-refractivity contribution in [2.75, 3.05) is 73.1 Å². The molecule has 3 fully saturated rings. The maximum Gasteiger partial charge on any atom is 0.471 e. The van der Waals surface area contributed by atoms with Crippen molar-refractivity contribution in [2.45, 2.75) is 325 Å². The van der Waals surface area contributed by atoms with Crippen LogP contribution in [-0.4, -0.2) is 292 Å². The number of phosphoric ester groups is 1. The minimum Gasteiger partial charge on any atom is -0.396 e. The molecular formula is C73H132N7O30P. The molecule has 0 aromatic carbocycles. The van der Waals surface area contributed by atoms with E-state index in [-0.39, 0.29) is 132 Å². The van der Waals surface area contributed by atoms with Crippen molar-refractivity contribution >= 4 is 66.5 Å². The van der Waals surface area contributed by atoms with Crippen LogP contribution in [0.3, 0.4) is 0 Å². The largest absolute Gasteiger partial charge is 0.471 e. The quantitative estimate of drug-likeness (QED) is 0.0269. The van der Waals surface area contributed by atoms with Crippen molar-refractivity contribution in [3.05, 3.63) is 0 Å². The van der Waals surface area contributed by atoms with Crippen LogP contribution in [0.2, 0.25) is 0 Å². The number of carbonyl (C=O) groups excluding carboxylic acids is 10. The van der Waals surface area contributed by atoms with E-state index in [1.807, 2.05) is 13.8 Å². The third-order valence-corrected chi connectivity index (χ3v) is 19.8. The first-order valence-corrected chi connectivity index (χ1v) is 40.8. The Morgan fingerprint density at radius 3 is 1.23 bits per heavy atom. The van der Waals surface area contributed by atoms with Gasteiger partial charge in [0.1, 0.15) is 90.7 Å². The van der Waals surface area contributed by atoms with Gasteiger partial charge >= 0.3 is 7.82 Å². The highest BCUT2D eigenvalue weighted by Crippen LogP contribution is 2.42. The van der Waals surface area contributed by atoms with Gasteiger partial charge in [0.25, 0.3) is 0 Å². The summed E-state index contributed by atoms with van der Waals surface area (Å²) < 4.78 is 54.1. The molecule has 37 nitrogen and oxygen atoms in total. The van der Waals surface area contributed by atoms with Crippen molar-refractivity contribution in [2.24, 2.45) is 5.92 Å². The average molecular weight is 1620 g/mol. The number of carbonyl (C=O) groups is 10. The number of ketones is 3. The van der Waals surface area contributed by atoms with Crippen molar-refractivity contribution < 1.29 is 146 Å². The molecule has 0 bridgehead atoms. The highest BCUT2D eigenvalue weighted by atomic mass is 31.2. The van der Waals surface area contributed by atoms with Crippen LogP contribution in [-0.2, 0) is 90.0 Å². The highest BCUT2D eigenvalue weighted by Gasteiger charge is 2.48. The molecule has 0 aromatic heterocycles. The molecule has 0 aliphatic carbocycles. The van der Waals surface area contributed by atoms with E-state index >= 15 is 0 Å². The van der Waals surface area contributed by atoms with E-state index in [1.54, 1.807) is 0 Å². The first kappa shape index (κ1) is 102. The first-order chi connectivity index (χ1) is 52.9. The van der Waals surface area contributed by atoms with Crippen molar-refractivity contribution in [3.63, 3.8) is 0 Å². The molecule has 38 heteroatoms. The topological polar surface area (TPSA) is 568 Å². The Hall–Kier alpha value is -5.23. The van der Waals surface area contributed by atoms with E-state index in [0.717, 1.165) is 45.6 Å². The van der Waals surface area contributed by atoms with E-state index in [1.165, 1.54) is 20.8 Å². The lowest BCUT2D eigenvalue weighted by molar-refractivity contribution is -0.270. The number of phosphoric acid groups is 1. The average Bonchev–Trinajstić information content (AvgIpc) is 0.821. The monoisotopic (exact) mass is 1620 g/mol. The number of unbranched alkanes of at least 4 members (excludes halogenated alkanes) is 10. The molecule has 0 spiro atoms. The van der Waals surface area contributed by atoms with Crippen molar-refractivity contribution in [3.8, 4) is 0 Å². The van der Waals surface area contributed by atoms with E-state index < -0.39 is 161 Å². The maximum absolute atomic E-state index is 14.1. The minimum absolute atomic E-state index is 0.00149. The molecule has 0 saturated carbocycles. The Morgan fingerprint density at radius 2 is 0.802 bits per heavy atom. The minimum atomic E-state index is -4.01. The molecular weight excluding hydrogens is 1490 g/mol. The van der Waals surface area contributed by atoms with Crippen LogP contribution in [0.5, 0.6) is 0 Å². The highest BCUT2D eigenvalue weighted by molar-refractivity contribution is 7.47. The van der Waals surface area contributed by atoms with Crippen LogP contribution in [0.15, 0.2) is 0 Å². The Morgan fingerprint density at radius 1 is 0.423 bits per heavy atom. The Labute approximate surface area is 651 Å². The zero-order chi connectivity index (χ0) is 82.8. The number of hydrogen-bond donors (Lipinski definition) is 18. The molecule has 3 aliphatic rings. The SMILES string of the molecule is CCCCC(=O)NCCCCCC(=O)C[C@H](CO)CCOP(=O)(O)OC.CCCCC(=O)[C@H](CCCCNC(=O)CCCCO[C@@H]1O[C@H](CO)[C@H](O)[C@H](O)[C@H]1NC(C)=O)NC(=O)[C@H](CCCCCC(=O)CCCCO[C@@H]1O[C@H](CO)[C@H](O)[C@H](O)[C@H]1NC(C)=O)NC(=O)CCCCO[C@@H]1O[C@H](CO)[C@H](O)[C@H](O)[C@H]1NC(C)=O. The summed E-state index contributed by atoms with van der Waals surface area (Å²) >= 11 is 0. The van der Waals surface area contributed by atoms with Crippen LogP contribution < -0.4 is 37.2 Å². The molecule has 7 amide bonds. The summed E-state index contributed by atoms with van der Waals surface area (Å²) in [5.74, 6) is -3.11. The second-order valence-corrected chi connectivity index (χ2v) is 29.9.